The molecule has 0 spiro atoms. The number of ether oxygens (including phenoxy) is 1. The number of rotatable bonds is 5. The smallest absolute Gasteiger partial charge is 0.130 e. The number of aryl methyl sites for hydroxylation is 2. The number of benzene rings is 2. The first-order valence-electron chi connectivity index (χ1n) is 7.93. The molecule has 0 atom stereocenters. The van der Waals surface area contributed by atoms with Gasteiger partial charge in [-0.15, -0.1) is 0 Å². The Morgan fingerprint density at radius 2 is 1.71 bits per heavy atom. The fourth-order valence-corrected chi connectivity index (χ4v) is 4.35. The van der Waals surface area contributed by atoms with E-state index in [1.54, 1.807) is 0 Å². The van der Waals surface area contributed by atoms with Crippen LogP contribution in [0.3, 0.4) is 0 Å². The van der Waals surface area contributed by atoms with Crippen LogP contribution in [0.25, 0.3) is 0 Å². The van der Waals surface area contributed by atoms with Crippen molar-refractivity contribution in [1.29, 1.82) is 0 Å². The van der Waals surface area contributed by atoms with E-state index in [4.69, 9.17) is 4.74 Å². The molecule has 1 aliphatic rings. The Labute approximate surface area is 170 Å². The fraction of sp³-hybridized carbons (Fsp3) is 0.316. The van der Waals surface area contributed by atoms with Crippen LogP contribution < -0.4 is 4.74 Å². The largest absolute Gasteiger partial charge is 0.457 e. The van der Waals surface area contributed by atoms with E-state index >= 15 is 0 Å². The van der Waals surface area contributed by atoms with Crippen LogP contribution in [0.1, 0.15) is 24.0 Å². The Hall–Kier alpha value is -0.830. The zero-order chi connectivity index (χ0) is 17.3. The van der Waals surface area contributed by atoms with Gasteiger partial charge in [-0.3, -0.25) is 0 Å². The molecule has 1 saturated carbocycles. The van der Waals surface area contributed by atoms with E-state index < -0.39 is 0 Å². The summed E-state index contributed by atoms with van der Waals surface area (Å²) in [5, 5.41) is 0. The molecule has 2 aromatic rings. The van der Waals surface area contributed by atoms with Crippen LogP contribution in [0, 0.1) is 21.0 Å². The van der Waals surface area contributed by atoms with Crippen molar-refractivity contribution in [2.75, 3.05) is 7.05 Å². The van der Waals surface area contributed by atoms with Crippen molar-refractivity contribution in [2.24, 2.45) is 4.99 Å². The van der Waals surface area contributed by atoms with Crippen LogP contribution in [0.4, 0.5) is 5.69 Å². The SMILES string of the molecule is Cc1cc(Oc2cc(I)cc(I)c2)c(C)cc1/N=C/N(C)C1CC1. The van der Waals surface area contributed by atoms with Crippen LogP contribution in [-0.4, -0.2) is 24.3 Å². The summed E-state index contributed by atoms with van der Waals surface area (Å²) in [4.78, 5) is 6.85. The second-order valence-electron chi connectivity index (χ2n) is 6.25. The van der Waals surface area contributed by atoms with Gasteiger partial charge in [0.05, 0.1) is 12.0 Å². The van der Waals surface area contributed by atoms with Crippen LogP contribution in [-0.2, 0) is 0 Å². The maximum absolute atomic E-state index is 6.11. The second-order valence-corrected chi connectivity index (χ2v) is 8.74. The van der Waals surface area contributed by atoms with E-state index in [1.807, 2.05) is 18.5 Å². The fourth-order valence-electron chi connectivity index (χ4n) is 2.47. The zero-order valence-corrected chi connectivity index (χ0v) is 18.3. The van der Waals surface area contributed by atoms with Gasteiger partial charge in [-0.1, -0.05) is 0 Å². The van der Waals surface area contributed by atoms with Crippen molar-refractivity contribution < 1.29 is 4.74 Å². The maximum atomic E-state index is 6.11. The minimum absolute atomic E-state index is 0.681. The molecule has 3 nitrogen and oxygen atoms in total. The predicted molar refractivity (Wildman–Crippen MR) is 117 cm³/mol. The topological polar surface area (TPSA) is 24.8 Å². The minimum atomic E-state index is 0.681. The molecule has 1 aliphatic carbocycles. The highest BCUT2D eigenvalue weighted by Crippen LogP contribution is 2.33. The summed E-state index contributed by atoms with van der Waals surface area (Å²) < 4.78 is 8.46. The first-order chi connectivity index (χ1) is 11.4. The average Bonchev–Trinajstić information content (AvgIpc) is 3.32. The average molecular weight is 546 g/mol. The predicted octanol–water partition coefficient (Wildman–Crippen LogP) is 6.06. The van der Waals surface area contributed by atoms with Gasteiger partial charge in [-0.25, -0.2) is 4.99 Å². The standard InChI is InChI=1S/C19H20I2N2O/c1-12-7-19(24-17-9-14(20)8-15(21)10-17)13(2)6-18(12)22-11-23(3)16-4-5-16/h6-11,16H,4-5H2,1-3H3/b22-11+. The molecule has 0 unspecified atom stereocenters. The van der Waals surface area contributed by atoms with Crippen LogP contribution >= 0.6 is 45.2 Å². The second kappa shape index (κ2) is 7.59. The molecule has 0 heterocycles. The van der Waals surface area contributed by atoms with Gasteiger partial charge >= 0.3 is 0 Å². The van der Waals surface area contributed by atoms with Gasteiger partial charge in [0.25, 0.3) is 0 Å². The van der Waals surface area contributed by atoms with Gasteiger partial charge in [0.2, 0.25) is 0 Å². The minimum Gasteiger partial charge on any atom is -0.457 e. The first kappa shape index (κ1) is 18.0. The lowest BCUT2D eigenvalue weighted by atomic mass is 10.1. The third-order valence-electron chi connectivity index (χ3n) is 4.06. The summed E-state index contributed by atoms with van der Waals surface area (Å²) in [5.41, 5.74) is 3.22. The van der Waals surface area contributed by atoms with Crippen LogP contribution in [0.5, 0.6) is 11.5 Å². The molecule has 2 aromatic carbocycles. The van der Waals surface area contributed by atoms with E-state index in [9.17, 15) is 0 Å². The van der Waals surface area contributed by atoms with E-state index in [0.29, 0.717) is 6.04 Å². The maximum Gasteiger partial charge on any atom is 0.130 e. The Bertz CT molecular complexity index is 765. The Morgan fingerprint density at radius 1 is 1.04 bits per heavy atom. The molecule has 5 heteroatoms. The number of hydrogen-bond donors (Lipinski definition) is 0. The summed E-state index contributed by atoms with van der Waals surface area (Å²) >= 11 is 4.63. The van der Waals surface area contributed by atoms with Gasteiger partial charge in [0.15, 0.2) is 0 Å². The lowest BCUT2D eigenvalue weighted by Gasteiger charge is -2.14. The molecule has 3 rings (SSSR count). The normalized spacial score (nSPS) is 14.2. The molecular weight excluding hydrogens is 526 g/mol. The van der Waals surface area contributed by atoms with Crippen molar-refractivity contribution in [3.8, 4) is 11.5 Å². The molecule has 0 N–H and O–H groups in total. The van der Waals surface area contributed by atoms with E-state index in [2.05, 4.69) is 94.2 Å². The van der Waals surface area contributed by atoms with Crippen LogP contribution in [0.2, 0.25) is 0 Å². The van der Waals surface area contributed by atoms with E-state index in [1.165, 1.54) is 20.0 Å². The number of halogens is 2. The Balaban J connectivity index is 1.81. The lowest BCUT2D eigenvalue weighted by Crippen LogP contribution is -2.17. The van der Waals surface area contributed by atoms with Gasteiger partial charge < -0.3 is 9.64 Å². The van der Waals surface area contributed by atoms with Gasteiger partial charge in [-0.05, 0) is 113 Å². The van der Waals surface area contributed by atoms with Gasteiger partial charge in [0.1, 0.15) is 11.5 Å². The monoisotopic (exact) mass is 546 g/mol. The van der Waals surface area contributed by atoms with Crippen molar-refractivity contribution in [3.05, 3.63) is 48.6 Å². The van der Waals surface area contributed by atoms with Crippen molar-refractivity contribution in [2.45, 2.75) is 32.7 Å². The molecule has 0 saturated heterocycles. The molecule has 126 valence electrons. The summed E-state index contributed by atoms with van der Waals surface area (Å²) in [5.74, 6) is 1.76. The summed E-state index contributed by atoms with van der Waals surface area (Å²) in [6, 6.07) is 11.1. The summed E-state index contributed by atoms with van der Waals surface area (Å²) in [6.07, 6.45) is 4.51. The molecule has 0 radical (unpaired) electrons. The molecule has 0 aromatic heterocycles. The van der Waals surface area contributed by atoms with Crippen LogP contribution in [0.15, 0.2) is 35.3 Å². The first-order valence-corrected chi connectivity index (χ1v) is 10.1. The number of hydrogen-bond acceptors (Lipinski definition) is 2. The third-order valence-corrected chi connectivity index (χ3v) is 5.30. The lowest BCUT2D eigenvalue weighted by molar-refractivity contribution is 0.478. The number of nitrogens with zero attached hydrogens (tertiary/aromatic N) is 2. The van der Waals surface area contributed by atoms with Crippen molar-refractivity contribution in [1.82, 2.24) is 4.90 Å². The highest BCUT2D eigenvalue weighted by Gasteiger charge is 2.24. The van der Waals surface area contributed by atoms with Gasteiger partial charge in [-0.2, -0.15) is 0 Å². The molecule has 1 fully saturated rings. The van der Waals surface area contributed by atoms with Crippen molar-refractivity contribution >= 4 is 57.2 Å². The highest BCUT2D eigenvalue weighted by atomic mass is 127. The molecule has 0 aliphatic heterocycles. The molecule has 24 heavy (non-hydrogen) atoms. The zero-order valence-electron chi connectivity index (χ0n) is 14.0. The van der Waals surface area contributed by atoms with E-state index in [0.717, 1.165) is 28.3 Å². The van der Waals surface area contributed by atoms with E-state index in [-0.39, 0.29) is 0 Å². The molecule has 0 amide bonds. The molecule has 0 bridgehead atoms. The quantitative estimate of drug-likeness (QED) is 0.259. The third kappa shape index (κ3) is 4.62. The summed E-state index contributed by atoms with van der Waals surface area (Å²) in [6.45, 7) is 4.14. The Morgan fingerprint density at radius 3 is 2.33 bits per heavy atom. The number of aliphatic imine (C=N–C) groups is 1. The summed E-state index contributed by atoms with van der Waals surface area (Å²) in [7, 11) is 2.10. The van der Waals surface area contributed by atoms with Gasteiger partial charge in [0, 0.05) is 20.2 Å². The Kier molecular flexibility index (Phi) is 5.69. The molecular formula is C19H20I2N2O. The van der Waals surface area contributed by atoms with Crippen molar-refractivity contribution in [3.63, 3.8) is 0 Å². The highest BCUT2D eigenvalue weighted by molar-refractivity contribution is 14.1.